The van der Waals surface area contributed by atoms with Crippen LogP contribution in [-0.4, -0.2) is 20.8 Å². The molecule has 0 aliphatic rings. The second kappa shape index (κ2) is 5.51. The van der Waals surface area contributed by atoms with Gasteiger partial charge in [0, 0.05) is 5.92 Å². The summed E-state index contributed by atoms with van der Waals surface area (Å²) < 4.78 is 27.4. The van der Waals surface area contributed by atoms with E-state index in [2.05, 4.69) is 0 Å². The highest BCUT2D eigenvalue weighted by Crippen LogP contribution is 2.19. The third-order valence-corrected chi connectivity index (χ3v) is 3.40. The maximum atomic E-state index is 10.9. The van der Waals surface area contributed by atoms with E-state index in [9.17, 15) is 8.42 Å². The first kappa shape index (κ1) is 14.0. The number of hydrogen-bond donors (Lipinski definition) is 1. The van der Waals surface area contributed by atoms with Gasteiger partial charge in [-0.2, -0.15) is 0 Å². The lowest BCUT2D eigenvalue weighted by molar-refractivity contribution is 0.270. The van der Waals surface area contributed by atoms with Crippen molar-refractivity contribution in [1.29, 1.82) is 0 Å². The molecule has 0 fully saturated rings. The molecule has 5 heteroatoms. The molecule has 0 aromatic heterocycles. The Bertz CT molecular complexity index is 483. The number of rotatable bonds is 5. The zero-order valence-corrected chi connectivity index (χ0v) is 11.3. The molecule has 1 aromatic carbocycles. The molecule has 1 atom stereocenters. The van der Waals surface area contributed by atoms with Crippen molar-refractivity contribution >= 4 is 10.0 Å². The van der Waals surface area contributed by atoms with E-state index >= 15 is 0 Å². The molecule has 2 N–H and O–H groups in total. The van der Waals surface area contributed by atoms with E-state index in [1.807, 2.05) is 32.0 Å². The number of sulfonamides is 1. The lowest BCUT2D eigenvalue weighted by atomic mass is 10.1. The van der Waals surface area contributed by atoms with E-state index < -0.39 is 10.0 Å². The number of ether oxygens (including phenoxy) is 1. The highest BCUT2D eigenvalue weighted by Gasteiger charge is 2.12. The van der Waals surface area contributed by atoms with Gasteiger partial charge in [0.2, 0.25) is 10.0 Å². The van der Waals surface area contributed by atoms with Crippen LogP contribution in [0, 0.1) is 19.8 Å². The second-order valence-electron chi connectivity index (χ2n) is 4.51. The first-order valence-electron chi connectivity index (χ1n) is 5.48. The van der Waals surface area contributed by atoms with Crippen LogP contribution in [-0.2, 0) is 10.0 Å². The largest absolute Gasteiger partial charge is 0.493 e. The van der Waals surface area contributed by atoms with Gasteiger partial charge < -0.3 is 4.74 Å². The van der Waals surface area contributed by atoms with Crippen molar-refractivity contribution in [3.8, 4) is 5.75 Å². The first-order valence-corrected chi connectivity index (χ1v) is 7.20. The van der Waals surface area contributed by atoms with Crippen molar-refractivity contribution in [2.24, 2.45) is 11.1 Å². The van der Waals surface area contributed by atoms with Gasteiger partial charge in [0.1, 0.15) is 5.75 Å². The average Bonchev–Trinajstić information content (AvgIpc) is 2.13. The van der Waals surface area contributed by atoms with Crippen molar-refractivity contribution in [1.82, 2.24) is 0 Å². The van der Waals surface area contributed by atoms with Gasteiger partial charge in [-0.25, -0.2) is 13.6 Å². The van der Waals surface area contributed by atoms with Crippen LogP contribution in [0.15, 0.2) is 18.2 Å². The van der Waals surface area contributed by atoms with E-state index in [1.165, 1.54) is 5.56 Å². The molecule has 0 spiro atoms. The molecule has 0 aliphatic carbocycles. The predicted octanol–water partition coefficient (Wildman–Crippen LogP) is 1.61. The van der Waals surface area contributed by atoms with E-state index in [0.717, 1.165) is 11.3 Å². The van der Waals surface area contributed by atoms with Crippen molar-refractivity contribution in [2.45, 2.75) is 20.8 Å². The van der Waals surface area contributed by atoms with Gasteiger partial charge in [-0.1, -0.05) is 24.6 Å². The van der Waals surface area contributed by atoms with Crippen LogP contribution in [0.5, 0.6) is 5.75 Å². The van der Waals surface area contributed by atoms with Crippen molar-refractivity contribution < 1.29 is 13.2 Å². The number of primary sulfonamides is 1. The molecular formula is C12H19NO3S. The minimum absolute atomic E-state index is 0.0576. The molecule has 0 radical (unpaired) electrons. The Hall–Kier alpha value is -1.07. The van der Waals surface area contributed by atoms with Gasteiger partial charge in [-0.3, -0.25) is 0 Å². The fourth-order valence-electron chi connectivity index (χ4n) is 1.64. The van der Waals surface area contributed by atoms with Crippen molar-refractivity contribution in [3.63, 3.8) is 0 Å². The molecule has 1 rings (SSSR count). The highest BCUT2D eigenvalue weighted by molar-refractivity contribution is 7.89. The Morgan fingerprint density at radius 3 is 2.53 bits per heavy atom. The molecule has 0 amide bonds. The smallest absolute Gasteiger partial charge is 0.209 e. The highest BCUT2D eigenvalue weighted by atomic mass is 32.2. The molecule has 96 valence electrons. The Morgan fingerprint density at radius 2 is 2.00 bits per heavy atom. The van der Waals surface area contributed by atoms with E-state index in [0.29, 0.717) is 6.61 Å². The van der Waals surface area contributed by atoms with Gasteiger partial charge in [-0.05, 0) is 25.5 Å². The number of hydrogen-bond acceptors (Lipinski definition) is 3. The standard InChI is InChI=1S/C12H19NO3S/c1-9-4-5-12(11(3)6-9)16-7-10(2)8-17(13,14)15/h4-6,10H,7-8H2,1-3H3,(H2,13,14,15). The van der Waals surface area contributed by atoms with E-state index in [1.54, 1.807) is 6.92 Å². The summed E-state index contributed by atoms with van der Waals surface area (Å²) in [5.41, 5.74) is 2.22. The second-order valence-corrected chi connectivity index (χ2v) is 6.17. The summed E-state index contributed by atoms with van der Waals surface area (Å²) in [6.07, 6.45) is 0. The molecule has 0 saturated carbocycles. The zero-order chi connectivity index (χ0) is 13.1. The van der Waals surface area contributed by atoms with Crippen molar-refractivity contribution in [3.05, 3.63) is 29.3 Å². The molecule has 0 bridgehead atoms. The fraction of sp³-hybridized carbons (Fsp3) is 0.500. The normalized spacial score (nSPS) is 13.4. The summed E-state index contributed by atoms with van der Waals surface area (Å²) in [5, 5.41) is 4.97. The van der Waals surface area contributed by atoms with Crippen molar-refractivity contribution in [2.75, 3.05) is 12.4 Å². The van der Waals surface area contributed by atoms with E-state index in [4.69, 9.17) is 9.88 Å². The lowest BCUT2D eigenvalue weighted by Crippen LogP contribution is -2.25. The summed E-state index contributed by atoms with van der Waals surface area (Å²) in [4.78, 5) is 0. The van der Waals surface area contributed by atoms with Crippen LogP contribution in [0.4, 0.5) is 0 Å². The molecule has 1 aromatic rings. The first-order chi connectivity index (χ1) is 7.78. The minimum atomic E-state index is -3.42. The Kier molecular flexibility index (Phi) is 4.54. The number of benzene rings is 1. The average molecular weight is 257 g/mol. The molecule has 0 aliphatic heterocycles. The van der Waals surface area contributed by atoms with Crippen LogP contribution in [0.2, 0.25) is 0 Å². The van der Waals surface area contributed by atoms with Crippen LogP contribution in [0.3, 0.4) is 0 Å². The molecule has 4 nitrogen and oxygen atoms in total. The molecule has 17 heavy (non-hydrogen) atoms. The lowest BCUT2D eigenvalue weighted by Gasteiger charge is -2.13. The SMILES string of the molecule is Cc1ccc(OCC(C)CS(N)(=O)=O)c(C)c1. The van der Waals surface area contributed by atoms with Crippen LogP contribution in [0.25, 0.3) is 0 Å². The topological polar surface area (TPSA) is 69.4 Å². The Labute approximate surface area is 103 Å². The summed E-state index contributed by atoms with van der Waals surface area (Å²) in [6.45, 7) is 6.13. The van der Waals surface area contributed by atoms with E-state index in [-0.39, 0.29) is 11.7 Å². The van der Waals surface area contributed by atoms with Crippen LogP contribution >= 0.6 is 0 Å². The van der Waals surface area contributed by atoms with Gasteiger partial charge in [0.05, 0.1) is 12.4 Å². The monoisotopic (exact) mass is 257 g/mol. The van der Waals surface area contributed by atoms with Gasteiger partial charge in [-0.15, -0.1) is 0 Å². The zero-order valence-electron chi connectivity index (χ0n) is 10.4. The van der Waals surface area contributed by atoms with Crippen LogP contribution in [0.1, 0.15) is 18.1 Å². The molecule has 1 unspecified atom stereocenters. The third kappa shape index (κ3) is 5.19. The van der Waals surface area contributed by atoms with Gasteiger partial charge in [0.15, 0.2) is 0 Å². The number of nitrogens with two attached hydrogens (primary N) is 1. The molecule has 0 heterocycles. The maximum Gasteiger partial charge on any atom is 0.209 e. The molecular weight excluding hydrogens is 238 g/mol. The summed E-state index contributed by atoms with van der Waals surface area (Å²) >= 11 is 0. The summed E-state index contributed by atoms with van der Waals surface area (Å²) in [6, 6.07) is 5.89. The third-order valence-electron chi connectivity index (χ3n) is 2.37. The summed E-state index contributed by atoms with van der Waals surface area (Å²) in [5.74, 6) is 0.611. The quantitative estimate of drug-likeness (QED) is 0.871. The fourth-order valence-corrected chi connectivity index (χ4v) is 2.53. The maximum absolute atomic E-state index is 10.9. The molecule has 0 saturated heterocycles. The summed E-state index contributed by atoms with van der Waals surface area (Å²) in [7, 11) is -3.42. The van der Waals surface area contributed by atoms with Gasteiger partial charge >= 0.3 is 0 Å². The van der Waals surface area contributed by atoms with Crippen LogP contribution < -0.4 is 9.88 Å². The Balaban J connectivity index is 2.56. The Morgan fingerprint density at radius 1 is 1.35 bits per heavy atom. The minimum Gasteiger partial charge on any atom is -0.493 e. The predicted molar refractivity (Wildman–Crippen MR) is 68.5 cm³/mol. The number of aryl methyl sites for hydroxylation is 2. The van der Waals surface area contributed by atoms with Gasteiger partial charge in [0.25, 0.3) is 0 Å².